The lowest BCUT2D eigenvalue weighted by molar-refractivity contribution is 0.194. The number of hydrogen-bond donors (Lipinski definition) is 1. The molecule has 1 rings (SSSR count). The van der Waals surface area contributed by atoms with Crippen molar-refractivity contribution in [3.63, 3.8) is 0 Å². The van der Waals surface area contributed by atoms with Crippen LogP contribution >= 0.6 is 15.9 Å². The van der Waals surface area contributed by atoms with Gasteiger partial charge in [0, 0.05) is 17.4 Å². The molecule has 12 heavy (non-hydrogen) atoms. The van der Waals surface area contributed by atoms with E-state index < -0.39 is 0 Å². The Kier molecular flexibility index (Phi) is 3.69. The highest BCUT2D eigenvalue weighted by Crippen LogP contribution is 2.05. The lowest BCUT2D eigenvalue weighted by Gasteiger charge is -2.04. The second-order valence-electron chi connectivity index (χ2n) is 2.81. The standard InChI is InChI=1S/C9H12BrNO/c1-7(12)5-8-3-2-4-9(6-10)11-8/h2-4,7,12H,5-6H2,1H3. The third-order valence-corrected chi connectivity index (χ3v) is 2.08. The molecule has 2 nitrogen and oxygen atoms in total. The summed E-state index contributed by atoms with van der Waals surface area (Å²) < 4.78 is 0. The Morgan fingerprint density at radius 2 is 2.17 bits per heavy atom. The van der Waals surface area contributed by atoms with Crippen LogP contribution in [0.5, 0.6) is 0 Å². The van der Waals surface area contributed by atoms with Gasteiger partial charge < -0.3 is 5.11 Å². The van der Waals surface area contributed by atoms with Gasteiger partial charge in [-0.05, 0) is 19.1 Å². The number of pyridine rings is 1. The van der Waals surface area contributed by atoms with Crippen LogP contribution in [0.3, 0.4) is 0 Å². The summed E-state index contributed by atoms with van der Waals surface area (Å²) in [7, 11) is 0. The molecule has 0 aliphatic heterocycles. The molecular formula is C9H12BrNO. The van der Waals surface area contributed by atoms with Crippen LogP contribution in [-0.2, 0) is 11.8 Å². The summed E-state index contributed by atoms with van der Waals surface area (Å²) in [4.78, 5) is 4.32. The lowest BCUT2D eigenvalue weighted by Crippen LogP contribution is -2.06. The van der Waals surface area contributed by atoms with E-state index in [-0.39, 0.29) is 6.10 Å². The SMILES string of the molecule is CC(O)Cc1cccc(CBr)n1. The molecule has 1 aromatic rings. The minimum absolute atomic E-state index is 0.317. The van der Waals surface area contributed by atoms with Gasteiger partial charge in [0.25, 0.3) is 0 Å². The van der Waals surface area contributed by atoms with Crippen molar-refractivity contribution in [1.82, 2.24) is 4.98 Å². The molecule has 1 heterocycles. The van der Waals surface area contributed by atoms with E-state index in [1.807, 2.05) is 18.2 Å². The van der Waals surface area contributed by atoms with E-state index >= 15 is 0 Å². The molecule has 66 valence electrons. The first kappa shape index (κ1) is 9.68. The third kappa shape index (κ3) is 2.91. The first-order chi connectivity index (χ1) is 5.72. The Bertz CT molecular complexity index is 250. The smallest absolute Gasteiger partial charge is 0.0567 e. The van der Waals surface area contributed by atoms with Gasteiger partial charge in [0.1, 0.15) is 0 Å². The Morgan fingerprint density at radius 3 is 2.75 bits per heavy atom. The molecule has 0 amide bonds. The number of alkyl halides is 1. The van der Waals surface area contributed by atoms with Crippen LogP contribution in [0.4, 0.5) is 0 Å². The molecule has 3 heteroatoms. The van der Waals surface area contributed by atoms with Crippen molar-refractivity contribution in [1.29, 1.82) is 0 Å². The molecule has 1 N–H and O–H groups in total. The third-order valence-electron chi connectivity index (χ3n) is 1.51. The Balaban J connectivity index is 2.72. The number of halogens is 1. The molecule has 0 aliphatic rings. The molecule has 0 spiro atoms. The van der Waals surface area contributed by atoms with Gasteiger partial charge in [-0.1, -0.05) is 22.0 Å². The maximum absolute atomic E-state index is 9.12. The fraction of sp³-hybridized carbons (Fsp3) is 0.444. The second kappa shape index (κ2) is 4.58. The van der Waals surface area contributed by atoms with Crippen LogP contribution in [0.25, 0.3) is 0 Å². The zero-order valence-electron chi connectivity index (χ0n) is 7.00. The number of aliphatic hydroxyl groups excluding tert-OH is 1. The maximum atomic E-state index is 9.12. The molecule has 0 saturated carbocycles. The Labute approximate surface area is 80.8 Å². The van der Waals surface area contributed by atoms with Gasteiger partial charge in [0.05, 0.1) is 11.8 Å². The van der Waals surface area contributed by atoms with E-state index in [0.717, 1.165) is 16.7 Å². The van der Waals surface area contributed by atoms with E-state index in [1.165, 1.54) is 0 Å². The van der Waals surface area contributed by atoms with E-state index in [0.29, 0.717) is 6.42 Å². The predicted octanol–water partition coefficient (Wildman–Crippen LogP) is 1.90. The van der Waals surface area contributed by atoms with E-state index in [4.69, 9.17) is 5.11 Å². The molecule has 0 aliphatic carbocycles. The number of aromatic nitrogens is 1. The molecule has 0 radical (unpaired) electrons. The van der Waals surface area contributed by atoms with Crippen LogP contribution in [-0.4, -0.2) is 16.2 Å². The topological polar surface area (TPSA) is 33.1 Å². The first-order valence-corrected chi connectivity index (χ1v) is 5.03. The van der Waals surface area contributed by atoms with E-state index in [9.17, 15) is 0 Å². The average molecular weight is 230 g/mol. The van der Waals surface area contributed by atoms with Crippen molar-refractivity contribution in [2.45, 2.75) is 24.8 Å². The van der Waals surface area contributed by atoms with Gasteiger partial charge >= 0.3 is 0 Å². The molecular weight excluding hydrogens is 218 g/mol. The van der Waals surface area contributed by atoms with Crippen molar-refractivity contribution in [3.05, 3.63) is 29.6 Å². The van der Waals surface area contributed by atoms with Crippen molar-refractivity contribution in [2.75, 3.05) is 0 Å². The molecule has 0 fully saturated rings. The van der Waals surface area contributed by atoms with Crippen molar-refractivity contribution in [3.8, 4) is 0 Å². The van der Waals surface area contributed by atoms with E-state index in [1.54, 1.807) is 6.92 Å². The largest absolute Gasteiger partial charge is 0.393 e. The van der Waals surface area contributed by atoms with Gasteiger partial charge in [-0.2, -0.15) is 0 Å². The minimum Gasteiger partial charge on any atom is -0.393 e. The van der Waals surface area contributed by atoms with Crippen molar-refractivity contribution >= 4 is 15.9 Å². The Morgan fingerprint density at radius 1 is 1.50 bits per heavy atom. The average Bonchev–Trinajstić information content (AvgIpc) is 2.03. The summed E-state index contributed by atoms with van der Waals surface area (Å²) >= 11 is 3.33. The predicted molar refractivity (Wildman–Crippen MR) is 52.3 cm³/mol. The maximum Gasteiger partial charge on any atom is 0.0567 e. The first-order valence-electron chi connectivity index (χ1n) is 3.91. The zero-order valence-corrected chi connectivity index (χ0v) is 8.58. The number of aliphatic hydroxyl groups is 1. The normalized spacial score (nSPS) is 12.9. The highest BCUT2D eigenvalue weighted by molar-refractivity contribution is 9.08. The zero-order chi connectivity index (χ0) is 8.97. The molecule has 1 aromatic heterocycles. The number of hydrogen-bond acceptors (Lipinski definition) is 2. The molecule has 1 atom stereocenters. The Hall–Kier alpha value is -0.410. The minimum atomic E-state index is -0.317. The second-order valence-corrected chi connectivity index (χ2v) is 3.37. The van der Waals surface area contributed by atoms with Crippen LogP contribution in [0.15, 0.2) is 18.2 Å². The summed E-state index contributed by atoms with van der Waals surface area (Å²) in [6.07, 6.45) is 0.309. The fourth-order valence-corrected chi connectivity index (χ4v) is 1.33. The summed E-state index contributed by atoms with van der Waals surface area (Å²) in [5.74, 6) is 0. The molecule has 0 bridgehead atoms. The van der Waals surface area contributed by atoms with Gasteiger partial charge in [-0.3, -0.25) is 4.98 Å². The van der Waals surface area contributed by atoms with Gasteiger partial charge in [-0.15, -0.1) is 0 Å². The quantitative estimate of drug-likeness (QED) is 0.804. The van der Waals surface area contributed by atoms with Gasteiger partial charge in [0.2, 0.25) is 0 Å². The molecule has 0 saturated heterocycles. The molecule has 0 aromatic carbocycles. The van der Waals surface area contributed by atoms with Crippen LogP contribution in [0, 0.1) is 0 Å². The van der Waals surface area contributed by atoms with Crippen molar-refractivity contribution in [2.24, 2.45) is 0 Å². The number of nitrogens with zero attached hydrogens (tertiary/aromatic N) is 1. The summed E-state index contributed by atoms with van der Waals surface area (Å²) in [5, 5.41) is 9.88. The van der Waals surface area contributed by atoms with Crippen LogP contribution in [0.2, 0.25) is 0 Å². The van der Waals surface area contributed by atoms with Gasteiger partial charge in [-0.25, -0.2) is 0 Å². The van der Waals surface area contributed by atoms with E-state index in [2.05, 4.69) is 20.9 Å². The highest BCUT2D eigenvalue weighted by Gasteiger charge is 2.00. The fourth-order valence-electron chi connectivity index (χ4n) is 1.02. The monoisotopic (exact) mass is 229 g/mol. The van der Waals surface area contributed by atoms with Gasteiger partial charge in [0.15, 0.2) is 0 Å². The van der Waals surface area contributed by atoms with Crippen molar-refractivity contribution < 1.29 is 5.11 Å². The summed E-state index contributed by atoms with van der Waals surface area (Å²) in [6, 6.07) is 5.85. The van der Waals surface area contributed by atoms with Crippen LogP contribution < -0.4 is 0 Å². The highest BCUT2D eigenvalue weighted by atomic mass is 79.9. The summed E-state index contributed by atoms with van der Waals surface area (Å²) in [5.41, 5.74) is 1.95. The summed E-state index contributed by atoms with van der Waals surface area (Å²) in [6.45, 7) is 1.77. The lowest BCUT2D eigenvalue weighted by atomic mass is 10.2. The molecule has 1 unspecified atom stereocenters. The van der Waals surface area contributed by atoms with Crippen LogP contribution in [0.1, 0.15) is 18.3 Å². The number of rotatable bonds is 3.